The van der Waals surface area contributed by atoms with Crippen LogP contribution in [0.15, 0.2) is 18.6 Å². The quantitative estimate of drug-likeness (QED) is 0.390. The van der Waals surface area contributed by atoms with Gasteiger partial charge in [-0.25, -0.2) is 4.98 Å². The Kier molecular flexibility index (Phi) is 2.32. The van der Waals surface area contributed by atoms with Gasteiger partial charge in [0.05, 0.1) is 6.20 Å². The van der Waals surface area contributed by atoms with Crippen molar-refractivity contribution in [3.05, 3.63) is 23.8 Å². The van der Waals surface area contributed by atoms with Crippen LogP contribution in [0.1, 0.15) is 0 Å². The molecule has 1 aromatic rings. The molecule has 0 aliphatic carbocycles. The largest absolute Gasteiger partial charge is 0.619 e. The highest BCUT2D eigenvalue weighted by molar-refractivity contribution is 6.70. The molecule has 0 amide bonds. The lowest BCUT2D eigenvalue weighted by Gasteiger charge is -2.16. The van der Waals surface area contributed by atoms with Crippen LogP contribution in [0.3, 0.4) is 0 Å². The van der Waals surface area contributed by atoms with E-state index in [1.54, 1.807) is 0 Å². The first kappa shape index (κ1) is 8.99. The highest BCUT2D eigenvalue weighted by Crippen LogP contribution is 2.08. The molecule has 0 spiro atoms. The van der Waals surface area contributed by atoms with Crippen molar-refractivity contribution in [2.45, 2.75) is 19.6 Å². The van der Waals surface area contributed by atoms with Gasteiger partial charge in [-0.3, -0.25) is 0 Å². The second-order valence-electron chi connectivity index (χ2n) is 3.47. The second-order valence-corrected chi connectivity index (χ2v) is 7.90. The van der Waals surface area contributed by atoms with Gasteiger partial charge in [0.1, 0.15) is 0 Å². The summed E-state index contributed by atoms with van der Waals surface area (Å²) in [6.45, 7) is 6.12. The van der Waals surface area contributed by atoms with Crippen LogP contribution in [0.4, 0.5) is 0 Å². The fraction of sp³-hybridized carbons (Fsp3) is 0.429. The van der Waals surface area contributed by atoms with Crippen molar-refractivity contribution >= 4 is 8.32 Å². The lowest BCUT2D eigenvalue weighted by atomic mass is 10.7. The molecule has 1 heterocycles. The molecule has 1 rings (SSSR count). The first-order valence-electron chi connectivity index (χ1n) is 3.71. The average molecular weight is 184 g/mol. The normalized spacial score (nSPS) is 11.2. The van der Waals surface area contributed by atoms with Gasteiger partial charge in [-0.05, 0) is 19.6 Å². The zero-order chi connectivity index (χ0) is 9.19. The first-order valence-corrected chi connectivity index (χ1v) is 7.12. The standard InChI is InChI=1S/C7H12N2O2Si/c1-12(2,3)11-7-6-9(10)5-4-8-7/h4-6H,1-3H3. The highest BCUT2D eigenvalue weighted by atomic mass is 28.4. The molecule has 0 radical (unpaired) electrons. The Hall–Kier alpha value is -1.10. The van der Waals surface area contributed by atoms with Gasteiger partial charge in [0.15, 0.2) is 6.20 Å². The maximum atomic E-state index is 10.8. The Balaban J connectivity index is 2.77. The van der Waals surface area contributed by atoms with E-state index in [-0.39, 0.29) is 0 Å². The highest BCUT2D eigenvalue weighted by Gasteiger charge is 2.17. The Morgan fingerprint density at radius 2 is 2.17 bits per heavy atom. The minimum absolute atomic E-state index is 0.409. The predicted molar refractivity (Wildman–Crippen MR) is 47.2 cm³/mol. The third-order valence-corrected chi connectivity index (χ3v) is 1.89. The predicted octanol–water partition coefficient (Wildman–Crippen LogP) is 0.929. The molecule has 4 nitrogen and oxygen atoms in total. The van der Waals surface area contributed by atoms with Gasteiger partial charge in [-0.15, -0.1) is 0 Å². The van der Waals surface area contributed by atoms with Crippen molar-refractivity contribution in [2.75, 3.05) is 0 Å². The van der Waals surface area contributed by atoms with Gasteiger partial charge in [-0.2, -0.15) is 4.73 Å². The summed E-state index contributed by atoms with van der Waals surface area (Å²) in [7, 11) is -1.64. The number of nitrogens with zero attached hydrogens (tertiary/aromatic N) is 2. The van der Waals surface area contributed by atoms with E-state index in [1.807, 2.05) is 19.6 Å². The molecule has 12 heavy (non-hydrogen) atoms. The molecule has 0 aromatic carbocycles. The lowest BCUT2D eigenvalue weighted by molar-refractivity contribution is -0.606. The summed E-state index contributed by atoms with van der Waals surface area (Å²) in [6.07, 6.45) is 4.10. The minimum Gasteiger partial charge on any atom is -0.619 e. The van der Waals surface area contributed by atoms with E-state index < -0.39 is 8.32 Å². The van der Waals surface area contributed by atoms with Crippen molar-refractivity contribution in [3.63, 3.8) is 0 Å². The summed E-state index contributed by atoms with van der Waals surface area (Å²) >= 11 is 0. The van der Waals surface area contributed by atoms with E-state index in [1.165, 1.54) is 18.6 Å². The first-order chi connectivity index (χ1) is 5.47. The fourth-order valence-electron chi connectivity index (χ4n) is 0.724. The maximum Gasteiger partial charge on any atom is 0.267 e. The Bertz CT molecular complexity index is 272. The van der Waals surface area contributed by atoms with Gasteiger partial charge >= 0.3 is 0 Å². The monoisotopic (exact) mass is 184 g/mol. The topological polar surface area (TPSA) is 49.1 Å². The van der Waals surface area contributed by atoms with E-state index in [9.17, 15) is 5.21 Å². The van der Waals surface area contributed by atoms with Crippen LogP contribution in [0, 0.1) is 5.21 Å². The summed E-state index contributed by atoms with van der Waals surface area (Å²) < 4.78 is 6.17. The number of aromatic nitrogens is 2. The SMILES string of the molecule is C[Si](C)(C)Oc1c[n+]([O-])ccn1. The van der Waals surface area contributed by atoms with Crippen molar-refractivity contribution in [1.29, 1.82) is 0 Å². The maximum absolute atomic E-state index is 10.8. The molecule has 0 N–H and O–H groups in total. The van der Waals surface area contributed by atoms with Crippen molar-refractivity contribution in [1.82, 2.24) is 4.98 Å². The summed E-state index contributed by atoms with van der Waals surface area (Å²) in [5.74, 6) is 0.409. The van der Waals surface area contributed by atoms with Gasteiger partial charge in [0.2, 0.25) is 14.5 Å². The Morgan fingerprint density at radius 1 is 1.50 bits per heavy atom. The molecular formula is C7H12N2O2Si. The Morgan fingerprint density at radius 3 is 2.67 bits per heavy atom. The van der Waals surface area contributed by atoms with Gasteiger partial charge in [-0.1, -0.05) is 0 Å². The number of hydrogen-bond acceptors (Lipinski definition) is 3. The van der Waals surface area contributed by atoms with Crippen molar-refractivity contribution in [2.24, 2.45) is 0 Å². The molecule has 0 fully saturated rings. The molecule has 5 heteroatoms. The lowest BCUT2D eigenvalue weighted by Crippen LogP contribution is -2.32. The van der Waals surface area contributed by atoms with E-state index in [4.69, 9.17) is 4.43 Å². The molecular weight excluding hydrogens is 172 g/mol. The van der Waals surface area contributed by atoms with Crippen molar-refractivity contribution < 1.29 is 9.16 Å². The summed E-state index contributed by atoms with van der Waals surface area (Å²) in [5.41, 5.74) is 0. The van der Waals surface area contributed by atoms with Crippen LogP contribution in [-0.4, -0.2) is 13.3 Å². The second kappa shape index (κ2) is 3.10. The average Bonchev–Trinajstić information content (AvgIpc) is 1.82. The van der Waals surface area contributed by atoms with Crippen LogP contribution >= 0.6 is 0 Å². The Labute approximate surface area is 72.5 Å². The van der Waals surface area contributed by atoms with Crippen LogP contribution in [0.25, 0.3) is 0 Å². The van der Waals surface area contributed by atoms with E-state index in [0.29, 0.717) is 10.6 Å². The number of hydrogen-bond donors (Lipinski definition) is 0. The van der Waals surface area contributed by atoms with Crippen LogP contribution < -0.4 is 9.16 Å². The van der Waals surface area contributed by atoms with E-state index >= 15 is 0 Å². The molecule has 0 unspecified atom stereocenters. The van der Waals surface area contributed by atoms with Gasteiger partial charge in [0, 0.05) is 0 Å². The molecule has 0 atom stereocenters. The summed E-state index contributed by atoms with van der Waals surface area (Å²) in [6, 6.07) is 0. The third-order valence-electron chi connectivity index (χ3n) is 1.06. The molecule has 0 saturated carbocycles. The van der Waals surface area contributed by atoms with Crippen LogP contribution in [-0.2, 0) is 0 Å². The molecule has 0 aliphatic heterocycles. The van der Waals surface area contributed by atoms with E-state index in [2.05, 4.69) is 4.98 Å². The smallest absolute Gasteiger partial charge is 0.267 e. The van der Waals surface area contributed by atoms with Gasteiger partial charge in [0.25, 0.3) is 5.88 Å². The number of rotatable bonds is 2. The zero-order valence-electron chi connectivity index (χ0n) is 7.44. The molecule has 0 bridgehead atoms. The molecule has 0 aliphatic rings. The van der Waals surface area contributed by atoms with Crippen LogP contribution in [0.2, 0.25) is 19.6 Å². The minimum atomic E-state index is -1.64. The molecule has 1 aromatic heterocycles. The molecule has 0 saturated heterocycles. The molecule has 66 valence electrons. The fourth-order valence-corrected chi connectivity index (χ4v) is 1.46. The van der Waals surface area contributed by atoms with Gasteiger partial charge < -0.3 is 9.63 Å². The van der Waals surface area contributed by atoms with Crippen LogP contribution in [0.5, 0.6) is 5.88 Å². The van der Waals surface area contributed by atoms with Crippen molar-refractivity contribution in [3.8, 4) is 5.88 Å². The summed E-state index contributed by atoms with van der Waals surface area (Å²) in [4.78, 5) is 3.92. The summed E-state index contributed by atoms with van der Waals surface area (Å²) in [5, 5.41) is 10.8. The zero-order valence-corrected chi connectivity index (χ0v) is 8.44. The third kappa shape index (κ3) is 2.87. The van der Waals surface area contributed by atoms with E-state index in [0.717, 1.165) is 0 Å².